The third-order valence-corrected chi connectivity index (χ3v) is 4.44. The molecule has 1 fully saturated rings. The molecule has 0 saturated carbocycles. The first kappa shape index (κ1) is 16.1. The molecule has 2 aromatic rings. The molecular weight excluding hydrogens is 288 g/mol. The highest BCUT2D eigenvalue weighted by Gasteiger charge is 2.25. The molecule has 3 rings (SSSR count). The number of benzene rings is 1. The van der Waals surface area contributed by atoms with Crippen molar-refractivity contribution in [2.45, 2.75) is 32.2 Å². The van der Waals surface area contributed by atoms with E-state index < -0.39 is 6.10 Å². The third kappa shape index (κ3) is 4.38. The second-order valence-electron chi connectivity index (χ2n) is 6.21. The maximum absolute atomic E-state index is 10.5. The number of ether oxygens (including phenoxy) is 1. The zero-order chi connectivity index (χ0) is 16.1. The Hall–Kier alpha value is -1.75. The largest absolute Gasteiger partial charge is 0.387 e. The number of aromatic nitrogens is 1. The molecular formula is C19H24N2O2. The lowest BCUT2D eigenvalue weighted by Gasteiger charge is -2.21. The van der Waals surface area contributed by atoms with E-state index in [4.69, 9.17) is 4.74 Å². The average Bonchev–Trinajstić information content (AvgIpc) is 3.02. The van der Waals surface area contributed by atoms with E-state index in [1.165, 1.54) is 0 Å². The quantitative estimate of drug-likeness (QED) is 0.891. The number of likely N-dealkylation sites (tertiary alicyclic amines) is 1. The van der Waals surface area contributed by atoms with Crippen LogP contribution in [0.2, 0.25) is 0 Å². The van der Waals surface area contributed by atoms with Gasteiger partial charge in [-0.1, -0.05) is 24.3 Å². The Morgan fingerprint density at radius 3 is 2.83 bits per heavy atom. The van der Waals surface area contributed by atoms with E-state index >= 15 is 0 Å². The second kappa shape index (κ2) is 7.68. The number of hydrogen-bond donors (Lipinski definition) is 1. The van der Waals surface area contributed by atoms with Crippen LogP contribution in [0.5, 0.6) is 0 Å². The predicted molar refractivity (Wildman–Crippen MR) is 90.0 cm³/mol. The molecule has 0 radical (unpaired) electrons. The van der Waals surface area contributed by atoms with Crippen LogP contribution in [-0.4, -0.2) is 40.7 Å². The summed E-state index contributed by atoms with van der Waals surface area (Å²) >= 11 is 0. The zero-order valence-electron chi connectivity index (χ0n) is 13.6. The van der Waals surface area contributed by atoms with Crippen LogP contribution < -0.4 is 0 Å². The van der Waals surface area contributed by atoms with Crippen molar-refractivity contribution in [1.29, 1.82) is 0 Å². The summed E-state index contributed by atoms with van der Waals surface area (Å²) in [5.41, 5.74) is 3.32. The molecule has 1 aromatic carbocycles. The van der Waals surface area contributed by atoms with E-state index in [-0.39, 0.29) is 6.10 Å². The van der Waals surface area contributed by atoms with Gasteiger partial charge in [-0.05, 0) is 42.2 Å². The molecule has 122 valence electrons. The Balaban J connectivity index is 1.47. The van der Waals surface area contributed by atoms with E-state index in [1.807, 2.05) is 43.3 Å². The molecule has 1 N–H and O–H groups in total. The van der Waals surface area contributed by atoms with Crippen molar-refractivity contribution in [2.24, 2.45) is 0 Å². The van der Waals surface area contributed by atoms with Gasteiger partial charge in [0.05, 0.1) is 18.8 Å². The van der Waals surface area contributed by atoms with Crippen LogP contribution in [0.25, 0.3) is 0 Å². The van der Waals surface area contributed by atoms with Gasteiger partial charge in [-0.2, -0.15) is 0 Å². The van der Waals surface area contributed by atoms with E-state index in [0.717, 1.165) is 36.2 Å². The third-order valence-electron chi connectivity index (χ3n) is 4.44. The van der Waals surface area contributed by atoms with Crippen LogP contribution in [0.3, 0.4) is 0 Å². The molecule has 1 saturated heterocycles. The van der Waals surface area contributed by atoms with Crippen LogP contribution in [-0.2, 0) is 11.3 Å². The standard InChI is InChI=1S/C19H24N2O2/c1-15-4-2-3-5-18(15)19(22)13-21-11-8-17(12-21)23-14-16-6-9-20-10-7-16/h2-7,9-10,17,19,22H,8,11-14H2,1H3. The van der Waals surface area contributed by atoms with Crippen LogP contribution in [0.1, 0.15) is 29.2 Å². The van der Waals surface area contributed by atoms with Crippen LogP contribution in [0, 0.1) is 6.92 Å². The normalized spacial score (nSPS) is 19.8. The summed E-state index contributed by atoms with van der Waals surface area (Å²) in [5.74, 6) is 0. The van der Waals surface area contributed by atoms with Gasteiger partial charge in [-0.25, -0.2) is 0 Å². The molecule has 2 heterocycles. The number of hydrogen-bond acceptors (Lipinski definition) is 4. The summed E-state index contributed by atoms with van der Waals surface area (Å²) in [7, 11) is 0. The van der Waals surface area contributed by atoms with Crippen LogP contribution in [0.15, 0.2) is 48.8 Å². The highest BCUT2D eigenvalue weighted by molar-refractivity contribution is 5.27. The molecule has 23 heavy (non-hydrogen) atoms. The number of nitrogens with zero attached hydrogens (tertiary/aromatic N) is 2. The summed E-state index contributed by atoms with van der Waals surface area (Å²) < 4.78 is 5.98. The molecule has 1 aliphatic heterocycles. The summed E-state index contributed by atoms with van der Waals surface area (Å²) in [6.07, 6.45) is 4.41. The van der Waals surface area contributed by atoms with Crippen molar-refractivity contribution in [2.75, 3.05) is 19.6 Å². The SMILES string of the molecule is Cc1ccccc1C(O)CN1CCC(OCc2ccncc2)C1. The van der Waals surface area contributed by atoms with Crippen molar-refractivity contribution in [1.82, 2.24) is 9.88 Å². The minimum Gasteiger partial charge on any atom is -0.387 e. The first-order valence-corrected chi connectivity index (χ1v) is 8.19. The number of rotatable bonds is 6. The molecule has 1 aliphatic rings. The van der Waals surface area contributed by atoms with Gasteiger partial charge < -0.3 is 9.84 Å². The lowest BCUT2D eigenvalue weighted by Crippen LogP contribution is -2.28. The Morgan fingerprint density at radius 1 is 1.26 bits per heavy atom. The molecule has 1 aromatic heterocycles. The number of aliphatic hydroxyl groups is 1. The smallest absolute Gasteiger partial charge is 0.0919 e. The molecule has 0 bridgehead atoms. The zero-order valence-corrected chi connectivity index (χ0v) is 13.6. The van der Waals surface area contributed by atoms with Gasteiger partial charge in [-0.3, -0.25) is 9.88 Å². The predicted octanol–water partition coefficient (Wildman–Crippen LogP) is 2.71. The van der Waals surface area contributed by atoms with Gasteiger partial charge in [0.25, 0.3) is 0 Å². The van der Waals surface area contributed by atoms with Crippen LogP contribution >= 0.6 is 0 Å². The lowest BCUT2D eigenvalue weighted by molar-refractivity contribution is 0.0416. The highest BCUT2D eigenvalue weighted by Crippen LogP contribution is 2.21. The summed E-state index contributed by atoms with van der Waals surface area (Å²) in [6.45, 7) is 5.20. The maximum atomic E-state index is 10.5. The summed E-state index contributed by atoms with van der Waals surface area (Å²) in [4.78, 5) is 6.30. The van der Waals surface area contributed by atoms with E-state index in [2.05, 4.69) is 9.88 Å². The van der Waals surface area contributed by atoms with Crippen LogP contribution in [0.4, 0.5) is 0 Å². The van der Waals surface area contributed by atoms with Gasteiger partial charge >= 0.3 is 0 Å². The monoisotopic (exact) mass is 312 g/mol. The molecule has 4 heteroatoms. The first-order valence-electron chi connectivity index (χ1n) is 8.19. The average molecular weight is 312 g/mol. The second-order valence-corrected chi connectivity index (χ2v) is 6.21. The first-order chi connectivity index (χ1) is 11.2. The van der Waals surface area contributed by atoms with Crippen molar-refractivity contribution < 1.29 is 9.84 Å². The Morgan fingerprint density at radius 2 is 2.04 bits per heavy atom. The Kier molecular flexibility index (Phi) is 5.39. The minimum absolute atomic E-state index is 0.243. The summed E-state index contributed by atoms with van der Waals surface area (Å²) in [5, 5.41) is 10.5. The fourth-order valence-electron chi connectivity index (χ4n) is 3.10. The van der Waals surface area contributed by atoms with Gasteiger partial charge in [0, 0.05) is 32.0 Å². The molecule has 4 nitrogen and oxygen atoms in total. The van der Waals surface area contributed by atoms with E-state index in [1.54, 1.807) is 12.4 Å². The topological polar surface area (TPSA) is 45.6 Å². The van der Waals surface area contributed by atoms with Gasteiger partial charge in [0.2, 0.25) is 0 Å². The number of pyridine rings is 1. The Labute approximate surface area is 137 Å². The summed E-state index contributed by atoms with van der Waals surface area (Å²) in [6, 6.07) is 12.0. The molecule has 0 aliphatic carbocycles. The van der Waals surface area contributed by atoms with Gasteiger partial charge in [-0.15, -0.1) is 0 Å². The van der Waals surface area contributed by atoms with E-state index in [0.29, 0.717) is 13.2 Å². The fourth-order valence-corrected chi connectivity index (χ4v) is 3.10. The minimum atomic E-state index is -0.435. The molecule has 0 amide bonds. The number of aryl methyl sites for hydroxylation is 1. The van der Waals surface area contributed by atoms with Crippen molar-refractivity contribution in [3.05, 3.63) is 65.5 Å². The fraction of sp³-hybridized carbons (Fsp3) is 0.421. The van der Waals surface area contributed by atoms with Crippen molar-refractivity contribution >= 4 is 0 Å². The molecule has 2 unspecified atom stereocenters. The number of β-amino-alcohol motifs (C(OH)–C–C–N with tert-alkyl or cyclic N) is 1. The van der Waals surface area contributed by atoms with Gasteiger partial charge in [0.1, 0.15) is 0 Å². The van der Waals surface area contributed by atoms with E-state index in [9.17, 15) is 5.11 Å². The van der Waals surface area contributed by atoms with Crippen molar-refractivity contribution in [3.8, 4) is 0 Å². The Bertz CT molecular complexity index is 618. The molecule has 2 atom stereocenters. The van der Waals surface area contributed by atoms with Gasteiger partial charge in [0.15, 0.2) is 0 Å². The maximum Gasteiger partial charge on any atom is 0.0919 e. The van der Waals surface area contributed by atoms with Crippen molar-refractivity contribution in [3.63, 3.8) is 0 Å². The molecule has 0 spiro atoms. The lowest BCUT2D eigenvalue weighted by atomic mass is 10.0. The number of aliphatic hydroxyl groups excluding tert-OH is 1. The highest BCUT2D eigenvalue weighted by atomic mass is 16.5.